The van der Waals surface area contributed by atoms with Gasteiger partial charge in [0.2, 0.25) is 0 Å². The maximum Gasteiger partial charge on any atom is 0.0622 e. The van der Waals surface area contributed by atoms with Crippen molar-refractivity contribution in [1.82, 2.24) is 0 Å². The van der Waals surface area contributed by atoms with Crippen molar-refractivity contribution >= 4 is 0 Å². The first-order valence-corrected chi connectivity index (χ1v) is 5.81. The lowest BCUT2D eigenvalue weighted by atomic mass is 9.68. The Morgan fingerprint density at radius 1 is 1.00 bits per heavy atom. The summed E-state index contributed by atoms with van der Waals surface area (Å²) in [6.45, 7) is 4.00. The van der Waals surface area contributed by atoms with Crippen LogP contribution in [-0.2, 0) is 0 Å². The molecule has 1 N–H and O–H groups in total. The van der Waals surface area contributed by atoms with E-state index in [9.17, 15) is 5.11 Å². The molecule has 2 rings (SSSR count). The van der Waals surface area contributed by atoms with Crippen molar-refractivity contribution in [2.24, 2.45) is 17.8 Å². The van der Waals surface area contributed by atoms with E-state index >= 15 is 0 Å². The molecule has 0 amide bonds. The zero-order valence-electron chi connectivity index (χ0n) is 8.92. The molecule has 2 fully saturated rings. The van der Waals surface area contributed by atoms with Crippen molar-refractivity contribution in [3.63, 3.8) is 0 Å². The largest absolute Gasteiger partial charge is 0.390 e. The van der Waals surface area contributed by atoms with E-state index in [0.717, 1.165) is 11.8 Å². The Bertz CT molecular complexity index is 180. The molecule has 0 aromatic rings. The monoisotopic (exact) mass is 182 g/mol. The predicted octanol–water partition coefficient (Wildman–Crippen LogP) is 2.97. The van der Waals surface area contributed by atoms with E-state index in [-0.39, 0.29) is 0 Å². The van der Waals surface area contributed by atoms with Crippen LogP contribution in [0.5, 0.6) is 0 Å². The highest BCUT2D eigenvalue weighted by Gasteiger charge is 2.42. The van der Waals surface area contributed by atoms with Gasteiger partial charge in [-0.15, -0.1) is 0 Å². The summed E-state index contributed by atoms with van der Waals surface area (Å²) in [7, 11) is 0. The summed E-state index contributed by atoms with van der Waals surface area (Å²) in [5.41, 5.74) is -0.437. The lowest BCUT2D eigenvalue weighted by molar-refractivity contribution is -0.0374. The third-order valence-electron chi connectivity index (χ3n) is 4.23. The fourth-order valence-electron chi connectivity index (χ4n) is 3.64. The van der Waals surface area contributed by atoms with E-state index in [4.69, 9.17) is 0 Å². The lowest BCUT2D eigenvalue weighted by Crippen LogP contribution is -2.40. The SMILES string of the molecule is CC(C)(O)C1CCCC2CCCC21. The van der Waals surface area contributed by atoms with Crippen LogP contribution in [0.1, 0.15) is 52.4 Å². The van der Waals surface area contributed by atoms with Crippen LogP contribution < -0.4 is 0 Å². The van der Waals surface area contributed by atoms with E-state index in [0.29, 0.717) is 5.92 Å². The number of aliphatic hydroxyl groups is 1. The van der Waals surface area contributed by atoms with Gasteiger partial charge in [0, 0.05) is 0 Å². The van der Waals surface area contributed by atoms with E-state index in [1.165, 1.54) is 38.5 Å². The first kappa shape index (κ1) is 9.51. The quantitative estimate of drug-likeness (QED) is 0.661. The smallest absolute Gasteiger partial charge is 0.0622 e. The Hall–Kier alpha value is -0.0400. The molecule has 76 valence electrons. The van der Waals surface area contributed by atoms with Gasteiger partial charge in [-0.2, -0.15) is 0 Å². The molecule has 0 spiro atoms. The summed E-state index contributed by atoms with van der Waals surface area (Å²) in [6, 6.07) is 0. The Morgan fingerprint density at radius 3 is 2.23 bits per heavy atom. The van der Waals surface area contributed by atoms with E-state index in [1.54, 1.807) is 0 Å². The molecular formula is C12H22O. The van der Waals surface area contributed by atoms with Crippen LogP contribution in [0.3, 0.4) is 0 Å². The van der Waals surface area contributed by atoms with Crippen molar-refractivity contribution in [2.75, 3.05) is 0 Å². The molecule has 0 aromatic carbocycles. The van der Waals surface area contributed by atoms with Crippen molar-refractivity contribution in [3.8, 4) is 0 Å². The van der Waals surface area contributed by atoms with Gasteiger partial charge >= 0.3 is 0 Å². The summed E-state index contributed by atoms with van der Waals surface area (Å²) in [5, 5.41) is 10.1. The number of rotatable bonds is 1. The van der Waals surface area contributed by atoms with E-state index < -0.39 is 5.60 Å². The van der Waals surface area contributed by atoms with E-state index in [1.807, 2.05) is 13.8 Å². The Morgan fingerprint density at radius 2 is 1.62 bits per heavy atom. The first-order chi connectivity index (χ1) is 6.09. The van der Waals surface area contributed by atoms with Crippen molar-refractivity contribution in [3.05, 3.63) is 0 Å². The van der Waals surface area contributed by atoms with Gasteiger partial charge < -0.3 is 5.11 Å². The second-order valence-corrected chi connectivity index (χ2v) is 5.55. The molecule has 3 atom stereocenters. The summed E-state index contributed by atoms with van der Waals surface area (Å²) in [6.07, 6.45) is 8.23. The van der Waals surface area contributed by atoms with Crippen LogP contribution in [-0.4, -0.2) is 10.7 Å². The minimum atomic E-state index is -0.437. The van der Waals surface area contributed by atoms with Gasteiger partial charge in [0.1, 0.15) is 0 Å². The number of hydrogen-bond acceptors (Lipinski definition) is 1. The van der Waals surface area contributed by atoms with Crippen LogP contribution in [0, 0.1) is 17.8 Å². The first-order valence-electron chi connectivity index (χ1n) is 5.81. The van der Waals surface area contributed by atoms with Crippen LogP contribution in [0.25, 0.3) is 0 Å². The minimum absolute atomic E-state index is 0.437. The molecule has 3 unspecified atom stereocenters. The third-order valence-corrected chi connectivity index (χ3v) is 4.23. The van der Waals surface area contributed by atoms with Crippen molar-refractivity contribution in [1.29, 1.82) is 0 Å². The van der Waals surface area contributed by atoms with Gasteiger partial charge in [0.05, 0.1) is 5.60 Å². The molecule has 0 saturated heterocycles. The van der Waals surface area contributed by atoms with Crippen LogP contribution >= 0.6 is 0 Å². The average Bonchev–Trinajstić information content (AvgIpc) is 2.48. The second-order valence-electron chi connectivity index (χ2n) is 5.55. The summed E-state index contributed by atoms with van der Waals surface area (Å²) in [5.74, 6) is 2.37. The Labute approximate surface area is 81.5 Å². The van der Waals surface area contributed by atoms with Crippen LogP contribution in [0.4, 0.5) is 0 Å². The summed E-state index contributed by atoms with van der Waals surface area (Å²) < 4.78 is 0. The molecule has 0 aliphatic heterocycles. The van der Waals surface area contributed by atoms with Gasteiger partial charge in [-0.25, -0.2) is 0 Å². The highest BCUT2D eigenvalue weighted by molar-refractivity contribution is 4.93. The molecule has 2 aliphatic carbocycles. The molecule has 0 radical (unpaired) electrons. The van der Waals surface area contributed by atoms with Crippen molar-refractivity contribution < 1.29 is 5.11 Å². The maximum atomic E-state index is 10.1. The zero-order chi connectivity index (χ0) is 9.47. The van der Waals surface area contributed by atoms with Crippen molar-refractivity contribution in [2.45, 2.75) is 58.0 Å². The molecule has 2 aliphatic rings. The molecule has 0 bridgehead atoms. The molecule has 1 heteroatoms. The van der Waals surface area contributed by atoms with Gasteiger partial charge in [0.25, 0.3) is 0 Å². The fourth-order valence-corrected chi connectivity index (χ4v) is 3.64. The molecule has 1 nitrogen and oxygen atoms in total. The highest BCUT2D eigenvalue weighted by atomic mass is 16.3. The second kappa shape index (κ2) is 3.27. The standard InChI is InChI=1S/C12H22O/c1-12(2,13)11-8-4-6-9-5-3-7-10(9)11/h9-11,13H,3-8H2,1-2H3. The third kappa shape index (κ3) is 1.76. The normalized spacial score (nSPS) is 40.4. The van der Waals surface area contributed by atoms with E-state index in [2.05, 4.69) is 0 Å². The topological polar surface area (TPSA) is 20.2 Å². The van der Waals surface area contributed by atoms with Gasteiger partial charge in [-0.3, -0.25) is 0 Å². The fraction of sp³-hybridized carbons (Fsp3) is 1.00. The molecule has 2 saturated carbocycles. The highest BCUT2D eigenvalue weighted by Crippen LogP contribution is 2.48. The summed E-state index contributed by atoms with van der Waals surface area (Å²) in [4.78, 5) is 0. The lowest BCUT2D eigenvalue weighted by Gasteiger charge is -2.41. The Kier molecular flexibility index (Phi) is 2.39. The minimum Gasteiger partial charge on any atom is -0.390 e. The molecule has 0 heterocycles. The predicted molar refractivity (Wildman–Crippen MR) is 54.5 cm³/mol. The van der Waals surface area contributed by atoms with Gasteiger partial charge in [-0.1, -0.05) is 25.7 Å². The zero-order valence-corrected chi connectivity index (χ0v) is 8.92. The Balaban J connectivity index is 2.10. The average molecular weight is 182 g/mol. The molecule has 13 heavy (non-hydrogen) atoms. The number of fused-ring (bicyclic) bond motifs is 1. The molecular weight excluding hydrogens is 160 g/mol. The van der Waals surface area contributed by atoms with Gasteiger partial charge in [0.15, 0.2) is 0 Å². The summed E-state index contributed by atoms with van der Waals surface area (Å²) >= 11 is 0. The maximum absolute atomic E-state index is 10.1. The molecule has 0 aromatic heterocycles. The van der Waals surface area contributed by atoms with Crippen LogP contribution in [0.15, 0.2) is 0 Å². The van der Waals surface area contributed by atoms with Crippen LogP contribution in [0.2, 0.25) is 0 Å². The number of hydrogen-bond donors (Lipinski definition) is 1. The van der Waals surface area contributed by atoms with Gasteiger partial charge in [-0.05, 0) is 44.4 Å².